The number of urea groups is 1. The summed E-state index contributed by atoms with van der Waals surface area (Å²) in [7, 11) is 0. The molecule has 1 aromatic carbocycles. The summed E-state index contributed by atoms with van der Waals surface area (Å²) >= 11 is 0. The minimum absolute atomic E-state index is 0.105. The number of hydrogen-bond donors (Lipinski definition) is 2. The molecule has 1 saturated heterocycles. The molecule has 23 heavy (non-hydrogen) atoms. The zero-order valence-electron chi connectivity index (χ0n) is 13.1. The predicted molar refractivity (Wildman–Crippen MR) is 85.1 cm³/mol. The Hall–Kier alpha value is -2.41. The van der Waals surface area contributed by atoms with Crippen LogP contribution in [0.2, 0.25) is 0 Å². The molecule has 0 saturated carbocycles. The maximum Gasteiger partial charge on any atom is 0.317 e. The summed E-state index contributed by atoms with van der Waals surface area (Å²) in [5, 5.41) is 16.7. The van der Waals surface area contributed by atoms with Crippen molar-refractivity contribution in [1.29, 1.82) is 0 Å². The van der Waals surface area contributed by atoms with Crippen LogP contribution < -0.4 is 5.32 Å². The van der Waals surface area contributed by atoms with Crippen LogP contribution in [0.3, 0.4) is 0 Å². The van der Waals surface area contributed by atoms with Crippen LogP contribution in [0.15, 0.2) is 36.9 Å². The second kappa shape index (κ2) is 6.78. The average molecular weight is 315 g/mol. The molecule has 0 bridgehead atoms. The summed E-state index contributed by atoms with van der Waals surface area (Å²) in [6.07, 6.45) is 4.33. The number of piperidine rings is 1. The molecule has 2 N–H and O–H groups in total. The van der Waals surface area contributed by atoms with Crippen molar-refractivity contribution in [3.05, 3.63) is 42.5 Å². The molecule has 7 nitrogen and oxygen atoms in total. The van der Waals surface area contributed by atoms with Crippen LogP contribution in [0.4, 0.5) is 4.79 Å². The van der Waals surface area contributed by atoms with E-state index in [1.54, 1.807) is 15.9 Å². The van der Waals surface area contributed by atoms with Crippen LogP contribution in [0, 0.1) is 0 Å². The van der Waals surface area contributed by atoms with Crippen molar-refractivity contribution in [3.8, 4) is 5.69 Å². The predicted octanol–water partition coefficient (Wildman–Crippen LogP) is 1.49. The monoisotopic (exact) mass is 315 g/mol. The highest BCUT2D eigenvalue weighted by molar-refractivity contribution is 5.74. The normalized spacial score (nSPS) is 19.4. The van der Waals surface area contributed by atoms with Gasteiger partial charge in [-0.15, -0.1) is 0 Å². The number of hydrogen-bond acceptors (Lipinski definition) is 4. The number of benzene rings is 1. The van der Waals surface area contributed by atoms with Crippen molar-refractivity contribution >= 4 is 6.03 Å². The Kier molecular flexibility index (Phi) is 4.57. The summed E-state index contributed by atoms with van der Waals surface area (Å²) in [5.74, 6) is 0. The third kappa shape index (κ3) is 3.68. The van der Waals surface area contributed by atoms with Crippen LogP contribution in [0.5, 0.6) is 0 Å². The van der Waals surface area contributed by atoms with Crippen LogP contribution in [0.25, 0.3) is 5.69 Å². The van der Waals surface area contributed by atoms with Gasteiger partial charge in [-0.3, -0.25) is 0 Å². The molecule has 3 rings (SSSR count). The van der Waals surface area contributed by atoms with E-state index in [2.05, 4.69) is 15.4 Å². The van der Waals surface area contributed by atoms with Crippen LogP contribution in [0.1, 0.15) is 31.4 Å². The number of nitrogens with one attached hydrogen (secondary N) is 1. The van der Waals surface area contributed by atoms with Gasteiger partial charge in [0, 0.05) is 13.1 Å². The SMILES string of the molecule is CC(NC(=O)N1CCCC(O)C1)c1ccc(-n2cncn2)cc1. The standard InChI is InChI=1S/C16H21N5O2/c1-12(19-16(23)20-8-2-3-15(22)9-20)13-4-6-14(7-5-13)21-11-17-10-18-21/h4-7,10-12,15,22H,2-3,8-9H2,1H3,(H,19,23). The molecular formula is C16H21N5O2. The van der Waals surface area contributed by atoms with Gasteiger partial charge in [-0.25, -0.2) is 14.5 Å². The van der Waals surface area contributed by atoms with Gasteiger partial charge in [-0.2, -0.15) is 5.10 Å². The number of aliphatic hydroxyl groups is 1. The molecule has 0 spiro atoms. The van der Waals surface area contributed by atoms with Gasteiger partial charge in [0.1, 0.15) is 12.7 Å². The molecule has 2 aromatic rings. The van der Waals surface area contributed by atoms with Crippen molar-refractivity contribution in [1.82, 2.24) is 25.0 Å². The molecule has 0 radical (unpaired) electrons. The number of amides is 2. The summed E-state index contributed by atoms with van der Waals surface area (Å²) in [6.45, 7) is 3.05. The third-order valence-electron chi connectivity index (χ3n) is 4.10. The first kappa shape index (κ1) is 15.5. The Balaban J connectivity index is 1.61. The zero-order valence-corrected chi connectivity index (χ0v) is 13.1. The molecule has 2 heterocycles. The lowest BCUT2D eigenvalue weighted by atomic mass is 10.1. The van der Waals surface area contributed by atoms with E-state index in [-0.39, 0.29) is 12.1 Å². The molecule has 2 atom stereocenters. The van der Waals surface area contributed by atoms with E-state index in [0.29, 0.717) is 13.1 Å². The molecule has 2 amide bonds. The lowest BCUT2D eigenvalue weighted by molar-refractivity contribution is 0.0835. The number of likely N-dealkylation sites (tertiary alicyclic amines) is 1. The van der Waals surface area contributed by atoms with E-state index in [9.17, 15) is 9.90 Å². The fourth-order valence-electron chi connectivity index (χ4n) is 2.76. The van der Waals surface area contributed by atoms with Crippen LogP contribution in [-0.4, -0.2) is 50.0 Å². The number of carbonyl (C=O) groups excluding carboxylic acids is 1. The van der Waals surface area contributed by atoms with Crippen molar-refractivity contribution in [2.75, 3.05) is 13.1 Å². The third-order valence-corrected chi connectivity index (χ3v) is 4.10. The van der Waals surface area contributed by atoms with Gasteiger partial charge >= 0.3 is 6.03 Å². The Morgan fingerprint density at radius 2 is 2.17 bits per heavy atom. The van der Waals surface area contributed by atoms with Crippen molar-refractivity contribution in [2.45, 2.75) is 31.9 Å². The number of carbonyl (C=O) groups is 1. The number of β-amino-alcohol motifs (C(OH)–C–C–N with tert-alkyl or cyclic N) is 1. The second-order valence-electron chi connectivity index (χ2n) is 5.84. The summed E-state index contributed by atoms with van der Waals surface area (Å²) in [4.78, 5) is 17.9. The Morgan fingerprint density at radius 1 is 1.39 bits per heavy atom. The Labute approximate surface area is 134 Å². The summed E-state index contributed by atoms with van der Waals surface area (Å²) in [5.41, 5.74) is 1.93. The summed E-state index contributed by atoms with van der Waals surface area (Å²) in [6, 6.07) is 7.58. The first-order valence-electron chi connectivity index (χ1n) is 7.82. The van der Waals surface area contributed by atoms with Gasteiger partial charge in [-0.1, -0.05) is 12.1 Å². The van der Waals surface area contributed by atoms with Crippen LogP contribution in [-0.2, 0) is 0 Å². The molecule has 0 aliphatic carbocycles. The van der Waals surface area contributed by atoms with E-state index in [1.165, 1.54) is 6.33 Å². The van der Waals surface area contributed by atoms with E-state index in [4.69, 9.17) is 0 Å². The number of rotatable bonds is 3. The van der Waals surface area contributed by atoms with Crippen molar-refractivity contribution in [2.24, 2.45) is 0 Å². The zero-order chi connectivity index (χ0) is 16.2. The van der Waals surface area contributed by atoms with E-state index >= 15 is 0 Å². The number of aromatic nitrogens is 3. The topological polar surface area (TPSA) is 83.3 Å². The van der Waals surface area contributed by atoms with Gasteiger partial charge < -0.3 is 15.3 Å². The average Bonchev–Trinajstić information content (AvgIpc) is 3.09. The van der Waals surface area contributed by atoms with Gasteiger partial charge in [0.2, 0.25) is 0 Å². The molecule has 2 unspecified atom stereocenters. The molecular weight excluding hydrogens is 294 g/mol. The largest absolute Gasteiger partial charge is 0.391 e. The fourth-order valence-corrected chi connectivity index (χ4v) is 2.76. The lowest BCUT2D eigenvalue weighted by Gasteiger charge is -2.31. The highest BCUT2D eigenvalue weighted by Gasteiger charge is 2.23. The smallest absolute Gasteiger partial charge is 0.317 e. The van der Waals surface area contributed by atoms with Gasteiger partial charge in [-0.05, 0) is 37.5 Å². The minimum Gasteiger partial charge on any atom is -0.391 e. The van der Waals surface area contributed by atoms with E-state index in [0.717, 1.165) is 24.1 Å². The Bertz CT molecular complexity index is 641. The highest BCUT2D eigenvalue weighted by Crippen LogP contribution is 2.16. The highest BCUT2D eigenvalue weighted by atomic mass is 16.3. The van der Waals surface area contributed by atoms with E-state index in [1.807, 2.05) is 31.2 Å². The maximum atomic E-state index is 12.3. The number of aliphatic hydroxyl groups excluding tert-OH is 1. The van der Waals surface area contributed by atoms with Crippen molar-refractivity contribution in [3.63, 3.8) is 0 Å². The molecule has 1 aliphatic heterocycles. The van der Waals surface area contributed by atoms with Gasteiger partial charge in [0.15, 0.2) is 0 Å². The van der Waals surface area contributed by atoms with E-state index < -0.39 is 6.10 Å². The molecule has 1 aliphatic rings. The van der Waals surface area contributed by atoms with Crippen molar-refractivity contribution < 1.29 is 9.90 Å². The molecule has 1 fully saturated rings. The molecule has 7 heteroatoms. The Morgan fingerprint density at radius 3 is 2.83 bits per heavy atom. The van der Waals surface area contributed by atoms with Gasteiger partial charge in [0.05, 0.1) is 17.8 Å². The maximum absolute atomic E-state index is 12.3. The summed E-state index contributed by atoms with van der Waals surface area (Å²) < 4.78 is 1.68. The first-order valence-corrected chi connectivity index (χ1v) is 7.82. The molecule has 122 valence electrons. The molecule has 1 aromatic heterocycles. The quantitative estimate of drug-likeness (QED) is 0.899. The van der Waals surface area contributed by atoms with Crippen LogP contribution >= 0.6 is 0 Å². The first-order chi connectivity index (χ1) is 11.1. The second-order valence-corrected chi connectivity index (χ2v) is 5.84. The minimum atomic E-state index is -0.410. The lowest BCUT2D eigenvalue weighted by Crippen LogP contribution is -2.47. The fraction of sp³-hybridized carbons (Fsp3) is 0.438. The number of nitrogens with zero attached hydrogens (tertiary/aromatic N) is 4. The van der Waals surface area contributed by atoms with Gasteiger partial charge in [0.25, 0.3) is 0 Å².